The third-order valence-electron chi connectivity index (χ3n) is 6.04. The first-order valence-electron chi connectivity index (χ1n) is 10.1. The highest BCUT2D eigenvalue weighted by Gasteiger charge is 2.40. The minimum absolute atomic E-state index is 0.118. The zero-order valence-corrected chi connectivity index (χ0v) is 19.4. The lowest BCUT2D eigenvalue weighted by molar-refractivity contribution is 0.306. The molecule has 3 aromatic rings. The molecule has 31 heavy (non-hydrogen) atoms. The number of allylic oxidation sites excluding steroid dienone is 2. The maximum Gasteiger partial charge on any atom is 0.119 e. The fourth-order valence-electron chi connectivity index (χ4n) is 4.51. The van der Waals surface area contributed by atoms with Gasteiger partial charge in [-0.3, -0.25) is 0 Å². The maximum absolute atomic E-state index is 6.57. The number of hydrogen-bond acceptors (Lipinski definition) is 2. The molecule has 0 saturated heterocycles. The first-order valence-corrected chi connectivity index (χ1v) is 11.6. The van der Waals surface area contributed by atoms with E-state index in [0.717, 1.165) is 34.0 Å². The van der Waals surface area contributed by atoms with Gasteiger partial charge in [0.2, 0.25) is 0 Å². The highest BCUT2D eigenvalue weighted by Crippen LogP contribution is 2.55. The number of nitrogens with one attached hydrogen (secondary N) is 1. The van der Waals surface area contributed by atoms with Crippen LogP contribution in [0.5, 0.6) is 5.75 Å². The summed E-state index contributed by atoms with van der Waals surface area (Å²) >= 11 is 25.4. The molecular formula is C25H19Cl4NO. The molecule has 0 spiro atoms. The van der Waals surface area contributed by atoms with Crippen LogP contribution >= 0.6 is 46.4 Å². The molecule has 0 saturated carbocycles. The van der Waals surface area contributed by atoms with Gasteiger partial charge in [-0.25, -0.2) is 0 Å². The smallest absolute Gasteiger partial charge is 0.119 e. The van der Waals surface area contributed by atoms with Gasteiger partial charge in [0, 0.05) is 16.5 Å². The van der Waals surface area contributed by atoms with Crippen LogP contribution < -0.4 is 10.1 Å². The van der Waals surface area contributed by atoms with E-state index in [1.54, 1.807) is 6.07 Å². The summed E-state index contributed by atoms with van der Waals surface area (Å²) in [6.07, 6.45) is 5.41. The Morgan fingerprint density at radius 2 is 1.65 bits per heavy atom. The lowest BCUT2D eigenvalue weighted by atomic mass is 9.77. The molecule has 1 aliphatic heterocycles. The molecule has 1 N–H and O–H groups in total. The molecule has 0 amide bonds. The van der Waals surface area contributed by atoms with Gasteiger partial charge in [-0.2, -0.15) is 0 Å². The number of fused-ring (bicyclic) bond motifs is 3. The highest BCUT2D eigenvalue weighted by molar-refractivity contribution is 6.44. The SMILES string of the molecule is Clc1ccc(COc2ccc([C@@H]3Nc4c(Cl)cc(Cl)c(Cl)c4[C@@H]4C=CC[C@@H]43)cc2)cc1. The first kappa shape index (κ1) is 21.0. The van der Waals surface area contributed by atoms with E-state index in [0.29, 0.717) is 27.6 Å². The molecule has 5 rings (SSSR count). The topological polar surface area (TPSA) is 21.3 Å². The zero-order chi connectivity index (χ0) is 21.5. The summed E-state index contributed by atoms with van der Waals surface area (Å²) in [6.45, 7) is 0.495. The second-order valence-electron chi connectivity index (χ2n) is 7.90. The fraction of sp³-hybridized carbons (Fsp3) is 0.200. The average molecular weight is 491 g/mol. The van der Waals surface area contributed by atoms with Crippen molar-refractivity contribution in [1.82, 2.24) is 0 Å². The predicted molar refractivity (Wildman–Crippen MR) is 130 cm³/mol. The summed E-state index contributed by atoms with van der Waals surface area (Å²) < 4.78 is 5.94. The van der Waals surface area contributed by atoms with E-state index in [-0.39, 0.29) is 12.0 Å². The molecular weight excluding hydrogens is 472 g/mol. The highest BCUT2D eigenvalue weighted by atomic mass is 35.5. The van der Waals surface area contributed by atoms with Gasteiger partial charge in [0.15, 0.2) is 0 Å². The van der Waals surface area contributed by atoms with E-state index in [9.17, 15) is 0 Å². The van der Waals surface area contributed by atoms with Gasteiger partial charge in [-0.15, -0.1) is 0 Å². The Balaban J connectivity index is 1.38. The average Bonchev–Trinajstić information content (AvgIpc) is 3.26. The third-order valence-corrected chi connectivity index (χ3v) is 7.39. The second kappa shape index (κ2) is 8.60. The minimum atomic E-state index is 0.118. The van der Waals surface area contributed by atoms with Crippen LogP contribution in [-0.2, 0) is 6.61 Å². The van der Waals surface area contributed by atoms with Gasteiger partial charge in [-0.05, 0) is 53.8 Å². The molecule has 2 nitrogen and oxygen atoms in total. The number of rotatable bonds is 4. The summed E-state index contributed by atoms with van der Waals surface area (Å²) in [7, 11) is 0. The van der Waals surface area contributed by atoms with E-state index in [1.807, 2.05) is 36.4 Å². The van der Waals surface area contributed by atoms with Crippen LogP contribution in [0, 0.1) is 5.92 Å². The lowest BCUT2D eigenvalue weighted by Gasteiger charge is -2.38. The van der Waals surface area contributed by atoms with Gasteiger partial charge < -0.3 is 10.1 Å². The molecule has 0 unspecified atom stereocenters. The summed E-state index contributed by atoms with van der Waals surface area (Å²) in [5.74, 6) is 1.36. The number of hydrogen-bond donors (Lipinski definition) is 1. The number of anilines is 1. The molecule has 2 aliphatic rings. The van der Waals surface area contributed by atoms with Gasteiger partial charge in [-0.1, -0.05) is 82.8 Å². The normalized spacial score (nSPS) is 21.4. The van der Waals surface area contributed by atoms with Crippen LogP contribution in [0.25, 0.3) is 0 Å². The van der Waals surface area contributed by atoms with Gasteiger partial charge >= 0.3 is 0 Å². The molecule has 1 aliphatic carbocycles. The summed E-state index contributed by atoms with van der Waals surface area (Å²) in [5, 5.41) is 6.02. The van der Waals surface area contributed by atoms with E-state index >= 15 is 0 Å². The van der Waals surface area contributed by atoms with Crippen LogP contribution in [0.15, 0.2) is 66.7 Å². The maximum atomic E-state index is 6.57. The summed E-state index contributed by atoms with van der Waals surface area (Å²) in [4.78, 5) is 0. The van der Waals surface area contributed by atoms with Crippen molar-refractivity contribution < 1.29 is 4.74 Å². The Hall–Kier alpha value is -1.84. The Morgan fingerprint density at radius 3 is 2.39 bits per heavy atom. The van der Waals surface area contributed by atoms with E-state index in [4.69, 9.17) is 51.1 Å². The Morgan fingerprint density at radius 1 is 0.903 bits per heavy atom. The molecule has 1 heterocycles. The Kier molecular flexibility index (Phi) is 5.83. The van der Waals surface area contributed by atoms with Crippen molar-refractivity contribution in [3.63, 3.8) is 0 Å². The fourth-order valence-corrected chi connectivity index (χ4v) is 5.44. The lowest BCUT2D eigenvalue weighted by Crippen LogP contribution is -2.29. The number of halogens is 4. The van der Waals surface area contributed by atoms with Crippen LogP contribution in [0.2, 0.25) is 20.1 Å². The third kappa shape index (κ3) is 4.03. The van der Waals surface area contributed by atoms with Crippen LogP contribution in [0.3, 0.4) is 0 Å². The van der Waals surface area contributed by atoms with Crippen molar-refractivity contribution >= 4 is 52.1 Å². The van der Waals surface area contributed by atoms with Crippen molar-refractivity contribution in [1.29, 1.82) is 0 Å². The molecule has 0 fully saturated rings. The number of benzene rings is 3. The number of ether oxygens (including phenoxy) is 1. The van der Waals surface area contributed by atoms with Gasteiger partial charge in [0.05, 0.1) is 26.8 Å². The molecule has 6 heteroatoms. The van der Waals surface area contributed by atoms with Crippen LogP contribution in [0.4, 0.5) is 5.69 Å². The zero-order valence-electron chi connectivity index (χ0n) is 16.4. The monoisotopic (exact) mass is 489 g/mol. The van der Waals surface area contributed by atoms with E-state index in [2.05, 4.69) is 29.6 Å². The Labute approximate surface area is 201 Å². The summed E-state index contributed by atoms with van der Waals surface area (Å²) in [5.41, 5.74) is 4.13. The van der Waals surface area contributed by atoms with Gasteiger partial charge in [0.1, 0.15) is 12.4 Å². The van der Waals surface area contributed by atoms with Crippen molar-refractivity contribution in [2.45, 2.75) is 25.0 Å². The molecule has 158 valence electrons. The van der Waals surface area contributed by atoms with Crippen molar-refractivity contribution in [3.8, 4) is 5.75 Å². The van der Waals surface area contributed by atoms with E-state index < -0.39 is 0 Å². The van der Waals surface area contributed by atoms with Crippen molar-refractivity contribution in [2.75, 3.05) is 5.32 Å². The standard InChI is InChI=1S/C25H19Cl4NO/c26-16-8-4-14(5-9-16)13-31-17-10-6-15(7-11-17)24-19-3-1-2-18(19)22-23(29)20(27)12-21(28)25(22)30-24/h1-2,4-12,18-19,24,30H,3,13H2/t18-,19+,24+/m1/s1. The Bertz CT molecular complexity index is 1140. The van der Waals surface area contributed by atoms with Crippen molar-refractivity contribution in [2.24, 2.45) is 5.92 Å². The predicted octanol–water partition coefficient (Wildman–Crippen LogP) is 8.71. The molecule has 3 aromatic carbocycles. The van der Waals surface area contributed by atoms with Crippen LogP contribution in [-0.4, -0.2) is 0 Å². The molecule has 3 atom stereocenters. The van der Waals surface area contributed by atoms with Crippen LogP contribution in [0.1, 0.15) is 35.1 Å². The summed E-state index contributed by atoms with van der Waals surface area (Å²) in [6, 6.07) is 17.7. The van der Waals surface area contributed by atoms with E-state index in [1.165, 1.54) is 5.56 Å². The molecule has 0 radical (unpaired) electrons. The molecule has 0 bridgehead atoms. The second-order valence-corrected chi connectivity index (χ2v) is 9.53. The first-order chi connectivity index (χ1) is 15.0. The largest absolute Gasteiger partial charge is 0.489 e. The molecule has 0 aromatic heterocycles. The van der Waals surface area contributed by atoms with Gasteiger partial charge in [0.25, 0.3) is 0 Å². The van der Waals surface area contributed by atoms with Crippen molar-refractivity contribution in [3.05, 3.63) is 104 Å². The quantitative estimate of drug-likeness (QED) is 0.291. The minimum Gasteiger partial charge on any atom is -0.489 e.